The van der Waals surface area contributed by atoms with Crippen LogP contribution in [-0.2, 0) is 6.54 Å². The second kappa shape index (κ2) is 12.9. The third kappa shape index (κ3) is 7.35. The number of rotatable bonds is 8. The summed E-state index contributed by atoms with van der Waals surface area (Å²) in [6, 6.07) is 11.0. The van der Waals surface area contributed by atoms with E-state index >= 15 is 0 Å². The number of hydrogen-bond acceptors (Lipinski definition) is 7. The summed E-state index contributed by atoms with van der Waals surface area (Å²) in [6.07, 6.45) is 10.4. The first kappa shape index (κ1) is 26.2. The van der Waals surface area contributed by atoms with Gasteiger partial charge in [0.2, 0.25) is 0 Å². The van der Waals surface area contributed by atoms with Gasteiger partial charge in [0.25, 0.3) is 5.91 Å². The van der Waals surface area contributed by atoms with E-state index in [9.17, 15) is 9.59 Å². The number of benzene rings is 1. The molecule has 2 saturated heterocycles. The van der Waals surface area contributed by atoms with Gasteiger partial charge in [-0.1, -0.05) is 30.3 Å². The fourth-order valence-corrected chi connectivity index (χ4v) is 5.83. The summed E-state index contributed by atoms with van der Waals surface area (Å²) in [5, 5.41) is 3.74. The average molecular weight is 535 g/mol. The van der Waals surface area contributed by atoms with Crippen molar-refractivity contribution in [1.82, 2.24) is 24.8 Å². The summed E-state index contributed by atoms with van der Waals surface area (Å²) in [5.74, 6) is 2.06. The van der Waals surface area contributed by atoms with Crippen molar-refractivity contribution in [2.45, 2.75) is 43.8 Å². The highest BCUT2D eigenvalue weighted by Gasteiger charge is 2.24. The number of H-pyrrole nitrogens is 1. The number of carbonyl (C=O) groups excluding carboxylic acids is 2. The Bertz CT molecular complexity index is 1170. The van der Waals surface area contributed by atoms with Crippen LogP contribution in [0.1, 0.15) is 48.0 Å². The van der Waals surface area contributed by atoms with Crippen molar-refractivity contribution in [3.8, 4) is 5.75 Å². The van der Waals surface area contributed by atoms with Crippen LogP contribution < -0.4 is 10.1 Å². The molecule has 2 fully saturated rings. The Morgan fingerprint density at radius 1 is 1.00 bits per heavy atom. The molecule has 10 heteroatoms. The molecule has 2 N–H and O–H groups in total. The Kier molecular flexibility index (Phi) is 8.93. The van der Waals surface area contributed by atoms with E-state index in [2.05, 4.69) is 25.2 Å². The monoisotopic (exact) mass is 534 g/mol. The highest BCUT2D eigenvalue weighted by Crippen LogP contribution is 2.25. The van der Waals surface area contributed by atoms with Crippen molar-refractivity contribution in [3.63, 3.8) is 0 Å². The molecule has 2 aromatic heterocycles. The second-order valence-corrected chi connectivity index (χ2v) is 10.9. The van der Waals surface area contributed by atoms with Gasteiger partial charge in [-0.3, -0.25) is 9.69 Å². The molecule has 0 saturated carbocycles. The van der Waals surface area contributed by atoms with Gasteiger partial charge in [0.15, 0.2) is 10.9 Å². The number of likely N-dealkylation sites (tertiary alicyclic amines) is 2. The number of aromatic amines is 1. The lowest BCUT2D eigenvalue weighted by molar-refractivity contribution is 0.102. The van der Waals surface area contributed by atoms with E-state index in [0.717, 1.165) is 43.4 Å². The van der Waals surface area contributed by atoms with Gasteiger partial charge in [0.1, 0.15) is 5.82 Å². The fourth-order valence-electron chi connectivity index (χ4n) is 4.81. The summed E-state index contributed by atoms with van der Waals surface area (Å²) in [4.78, 5) is 41.1. The molecule has 4 heterocycles. The van der Waals surface area contributed by atoms with E-state index in [1.165, 1.54) is 31.0 Å². The number of nitrogens with one attached hydrogen (secondary N) is 2. The zero-order chi connectivity index (χ0) is 26.2. The van der Waals surface area contributed by atoms with Crippen molar-refractivity contribution < 1.29 is 14.3 Å². The fraction of sp³-hybridized carbons (Fsp3) is 0.429. The van der Waals surface area contributed by atoms with Crippen LogP contribution in [-0.4, -0.2) is 68.7 Å². The van der Waals surface area contributed by atoms with E-state index < -0.39 is 0 Å². The molecule has 0 atom stereocenters. The summed E-state index contributed by atoms with van der Waals surface area (Å²) in [7, 11) is 0. The lowest BCUT2D eigenvalue weighted by Crippen LogP contribution is -2.40. The van der Waals surface area contributed by atoms with E-state index in [4.69, 9.17) is 4.74 Å². The van der Waals surface area contributed by atoms with Crippen molar-refractivity contribution in [1.29, 1.82) is 0 Å². The molecule has 2 aliphatic rings. The maximum absolute atomic E-state index is 12.7. The molecule has 0 unspecified atom stereocenters. The second-order valence-electron chi connectivity index (χ2n) is 9.87. The number of pyridine rings is 1. The maximum atomic E-state index is 12.7. The minimum Gasteiger partial charge on any atom is -0.409 e. The van der Waals surface area contributed by atoms with Gasteiger partial charge >= 0.3 is 6.09 Å². The van der Waals surface area contributed by atoms with Crippen LogP contribution in [0.5, 0.6) is 5.75 Å². The number of imidazole rings is 1. The third-order valence-corrected chi connectivity index (χ3v) is 8.19. The number of amides is 2. The van der Waals surface area contributed by atoms with Crippen molar-refractivity contribution in [2.24, 2.45) is 5.92 Å². The molecule has 1 aromatic carbocycles. The van der Waals surface area contributed by atoms with E-state index in [1.54, 1.807) is 35.0 Å². The largest absolute Gasteiger partial charge is 0.415 e. The SMILES string of the molecule is O=C(Nc1ccc(OC(=O)N2CCC(CSc3ncc[nH]3)CC2)cn1)c1ccc(CN2CCCCC2)cc1. The number of ether oxygens (including phenoxy) is 1. The van der Waals surface area contributed by atoms with Gasteiger partial charge in [-0.2, -0.15) is 0 Å². The normalized spacial score (nSPS) is 16.8. The molecular weight excluding hydrogens is 500 g/mol. The predicted octanol–water partition coefficient (Wildman–Crippen LogP) is 5.05. The molecule has 0 aliphatic carbocycles. The lowest BCUT2D eigenvalue weighted by Gasteiger charge is -2.30. The predicted molar refractivity (Wildman–Crippen MR) is 147 cm³/mol. The number of carbonyl (C=O) groups is 2. The number of anilines is 1. The molecule has 0 spiro atoms. The number of aromatic nitrogens is 3. The van der Waals surface area contributed by atoms with Crippen LogP contribution in [0.3, 0.4) is 0 Å². The molecule has 200 valence electrons. The van der Waals surface area contributed by atoms with Gasteiger partial charge in [0, 0.05) is 43.3 Å². The van der Waals surface area contributed by atoms with Crippen LogP contribution in [0, 0.1) is 5.92 Å². The Balaban J connectivity index is 1.05. The topological polar surface area (TPSA) is 103 Å². The molecule has 3 aromatic rings. The Morgan fingerprint density at radius 3 is 2.47 bits per heavy atom. The van der Waals surface area contributed by atoms with Gasteiger partial charge in [0.05, 0.1) is 6.20 Å². The lowest BCUT2D eigenvalue weighted by atomic mass is 9.99. The Hall–Kier alpha value is -3.37. The molecule has 9 nitrogen and oxygen atoms in total. The Labute approximate surface area is 227 Å². The molecule has 2 aliphatic heterocycles. The van der Waals surface area contributed by atoms with Crippen molar-refractivity contribution in [2.75, 3.05) is 37.2 Å². The minimum atomic E-state index is -0.370. The molecule has 0 bridgehead atoms. The minimum absolute atomic E-state index is 0.222. The standard InChI is InChI=1S/C28H34N6O3S/c35-26(23-6-4-21(5-7-23)19-33-14-2-1-3-15-33)32-25-9-8-24(18-31-25)37-28(36)34-16-10-22(11-17-34)20-38-27-29-12-13-30-27/h4-9,12-13,18,22H,1-3,10-11,14-17,19-20H2,(H,29,30)(H,31,32,35). The van der Waals surface area contributed by atoms with E-state index in [0.29, 0.717) is 36.1 Å². The van der Waals surface area contributed by atoms with Crippen LogP contribution in [0.4, 0.5) is 10.6 Å². The van der Waals surface area contributed by atoms with Crippen LogP contribution in [0.15, 0.2) is 60.1 Å². The van der Waals surface area contributed by atoms with Gasteiger partial charge in [-0.15, -0.1) is 0 Å². The summed E-state index contributed by atoms with van der Waals surface area (Å²) in [6.45, 7) is 4.54. The number of nitrogens with zero attached hydrogens (tertiary/aromatic N) is 4. The molecule has 38 heavy (non-hydrogen) atoms. The average Bonchev–Trinajstić information content (AvgIpc) is 3.48. The van der Waals surface area contributed by atoms with Crippen LogP contribution in [0.2, 0.25) is 0 Å². The van der Waals surface area contributed by atoms with E-state index in [-0.39, 0.29) is 12.0 Å². The van der Waals surface area contributed by atoms with Crippen LogP contribution in [0.25, 0.3) is 0 Å². The first-order chi connectivity index (χ1) is 18.6. The van der Waals surface area contributed by atoms with E-state index in [1.807, 2.05) is 30.5 Å². The summed E-state index contributed by atoms with van der Waals surface area (Å²) < 4.78 is 5.52. The first-order valence-corrected chi connectivity index (χ1v) is 14.3. The maximum Gasteiger partial charge on any atom is 0.415 e. The third-order valence-electron chi connectivity index (χ3n) is 7.06. The van der Waals surface area contributed by atoms with Gasteiger partial charge < -0.3 is 19.9 Å². The molecule has 0 radical (unpaired) electrons. The summed E-state index contributed by atoms with van der Waals surface area (Å²) >= 11 is 1.72. The Morgan fingerprint density at radius 2 is 1.79 bits per heavy atom. The molecule has 2 amide bonds. The zero-order valence-electron chi connectivity index (χ0n) is 21.5. The summed E-state index contributed by atoms with van der Waals surface area (Å²) in [5.41, 5.74) is 1.79. The first-order valence-electron chi connectivity index (χ1n) is 13.3. The van der Waals surface area contributed by atoms with Gasteiger partial charge in [-0.25, -0.2) is 14.8 Å². The quantitative estimate of drug-likeness (QED) is 0.390. The zero-order valence-corrected chi connectivity index (χ0v) is 22.3. The van der Waals surface area contributed by atoms with Crippen molar-refractivity contribution in [3.05, 3.63) is 66.1 Å². The van der Waals surface area contributed by atoms with Crippen LogP contribution >= 0.6 is 11.8 Å². The highest BCUT2D eigenvalue weighted by molar-refractivity contribution is 7.99. The van der Waals surface area contributed by atoms with Gasteiger partial charge in [-0.05, 0) is 74.5 Å². The number of piperidine rings is 2. The number of hydrogen-bond donors (Lipinski definition) is 2. The smallest absolute Gasteiger partial charge is 0.409 e. The number of thioether (sulfide) groups is 1. The molecular formula is C28H34N6O3S. The highest BCUT2D eigenvalue weighted by atomic mass is 32.2. The van der Waals surface area contributed by atoms with Crippen molar-refractivity contribution >= 4 is 29.6 Å². The molecule has 5 rings (SSSR count).